The van der Waals surface area contributed by atoms with Crippen molar-refractivity contribution in [2.45, 2.75) is 25.4 Å². The predicted octanol–water partition coefficient (Wildman–Crippen LogP) is 3.24. The normalized spacial score (nSPS) is 15.7. The quantitative estimate of drug-likeness (QED) is 0.871. The fourth-order valence-electron chi connectivity index (χ4n) is 2.72. The molecule has 1 aliphatic rings. The average Bonchev–Trinajstić information content (AvgIpc) is 3.06. The Morgan fingerprint density at radius 3 is 2.64 bits per heavy atom. The largest absolute Gasteiger partial charge is 0.467 e. The number of nitrogens with zero attached hydrogens (tertiary/aromatic N) is 1. The van der Waals surface area contributed by atoms with Crippen molar-refractivity contribution in [2.75, 3.05) is 13.2 Å². The number of hydrogen-bond acceptors (Lipinski definition) is 3. The number of rotatable bonds is 4. The van der Waals surface area contributed by atoms with E-state index in [0.717, 1.165) is 12.8 Å². The van der Waals surface area contributed by atoms with Gasteiger partial charge in [0, 0.05) is 19.3 Å². The van der Waals surface area contributed by atoms with Crippen LogP contribution in [0, 0.1) is 5.82 Å². The van der Waals surface area contributed by atoms with Crippen LogP contribution in [0.1, 0.15) is 29.0 Å². The third-order valence-corrected chi connectivity index (χ3v) is 3.90. The van der Waals surface area contributed by atoms with E-state index in [1.807, 2.05) is 6.07 Å². The topological polar surface area (TPSA) is 42.7 Å². The third-order valence-electron chi connectivity index (χ3n) is 3.90. The summed E-state index contributed by atoms with van der Waals surface area (Å²) in [4.78, 5) is 14.5. The summed E-state index contributed by atoms with van der Waals surface area (Å²) in [6, 6.07) is 9.72. The van der Waals surface area contributed by atoms with E-state index in [9.17, 15) is 9.18 Å². The van der Waals surface area contributed by atoms with Gasteiger partial charge in [-0.05, 0) is 37.1 Å². The maximum Gasteiger partial charge on any atom is 0.257 e. The predicted molar refractivity (Wildman–Crippen MR) is 78.8 cm³/mol. The lowest BCUT2D eigenvalue weighted by atomic mass is 10.0. The molecule has 1 aliphatic heterocycles. The zero-order valence-corrected chi connectivity index (χ0v) is 12.2. The Balaban J connectivity index is 1.86. The molecule has 0 bridgehead atoms. The summed E-state index contributed by atoms with van der Waals surface area (Å²) in [5, 5.41) is 0. The van der Waals surface area contributed by atoms with Gasteiger partial charge in [-0.25, -0.2) is 4.39 Å². The summed E-state index contributed by atoms with van der Waals surface area (Å²) in [5.74, 6) is -0.110. The summed E-state index contributed by atoms with van der Waals surface area (Å²) in [7, 11) is 0. The maximum absolute atomic E-state index is 14.0. The number of halogens is 1. The van der Waals surface area contributed by atoms with Crippen molar-refractivity contribution < 1.29 is 18.3 Å². The summed E-state index contributed by atoms with van der Waals surface area (Å²) in [6.45, 7) is 1.57. The Labute approximate surface area is 128 Å². The van der Waals surface area contributed by atoms with Gasteiger partial charge in [-0.15, -0.1) is 0 Å². The Bertz CT molecular complexity index is 621. The SMILES string of the molecule is O=C(c1ccccc1F)N(Cc1ccco1)C1CCOCC1. The van der Waals surface area contributed by atoms with Gasteiger partial charge in [-0.1, -0.05) is 12.1 Å². The minimum atomic E-state index is -0.496. The molecule has 0 aliphatic carbocycles. The van der Waals surface area contributed by atoms with Crippen molar-refractivity contribution in [2.24, 2.45) is 0 Å². The molecule has 1 fully saturated rings. The lowest BCUT2D eigenvalue weighted by Crippen LogP contribution is -2.43. The molecule has 22 heavy (non-hydrogen) atoms. The van der Waals surface area contributed by atoms with E-state index in [4.69, 9.17) is 9.15 Å². The lowest BCUT2D eigenvalue weighted by Gasteiger charge is -2.34. The molecule has 0 N–H and O–H groups in total. The Morgan fingerprint density at radius 1 is 1.18 bits per heavy atom. The smallest absolute Gasteiger partial charge is 0.257 e. The monoisotopic (exact) mass is 303 g/mol. The molecule has 4 nitrogen and oxygen atoms in total. The van der Waals surface area contributed by atoms with Gasteiger partial charge in [-0.3, -0.25) is 4.79 Å². The number of carbonyl (C=O) groups is 1. The number of amides is 1. The highest BCUT2D eigenvalue weighted by atomic mass is 19.1. The fourth-order valence-corrected chi connectivity index (χ4v) is 2.72. The van der Waals surface area contributed by atoms with Crippen molar-refractivity contribution in [3.8, 4) is 0 Å². The van der Waals surface area contributed by atoms with Crippen molar-refractivity contribution in [3.05, 3.63) is 59.8 Å². The van der Waals surface area contributed by atoms with Crippen molar-refractivity contribution in [3.63, 3.8) is 0 Å². The zero-order valence-electron chi connectivity index (χ0n) is 12.2. The van der Waals surface area contributed by atoms with Crippen LogP contribution in [-0.4, -0.2) is 30.1 Å². The van der Waals surface area contributed by atoms with Gasteiger partial charge in [-0.2, -0.15) is 0 Å². The third kappa shape index (κ3) is 3.20. The molecule has 3 rings (SSSR count). The molecule has 1 aromatic heterocycles. The first-order valence-electron chi connectivity index (χ1n) is 7.41. The molecule has 2 aromatic rings. The summed E-state index contributed by atoms with van der Waals surface area (Å²) in [5.41, 5.74) is 0.0977. The van der Waals surface area contributed by atoms with Gasteiger partial charge >= 0.3 is 0 Å². The van der Waals surface area contributed by atoms with Crippen LogP contribution in [0.2, 0.25) is 0 Å². The van der Waals surface area contributed by atoms with Gasteiger partial charge in [0.1, 0.15) is 11.6 Å². The molecule has 2 heterocycles. The summed E-state index contributed by atoms with van der Waals surface area (Å²) < 4.78 is 24.7. The van der Waals surface area contributed by atoms with Gasteiger partial charge in [0.25, 0.3) is 5.91 Å². The molecular weight excluding hydrogens is 285 g/mol. The van der Waals surface area contributed by atoms with Crippen LogP contribution in [0.5, 0.6) is 0 Å². The van der Waals surface area contributed by atoms with Gasteiger partial charge in [0.05, 0.1) is 18.4 Å². The second-order valence-corrected chi connectivity index (χ2v) is 5.34. The van der Waals surface area contributed by atoms with E-state index >= 15 is 0 Å². The molecule has 0 radical (unpaired) electrons. The highest BCUT2D eigenvalue weighted by Gasteiger charge is 2.28. The molecule has 0 spiro atoms. The van der Waals surface area contributed by atoms with Crippen molar-refractivity contribution in [1.29, 1.82) is 0 Å². The van der Waals surface area contributed by atoms with Crippen LogP contribution in [0.4, 0.5) is 4.39 Å². The second kappa shape index (κ2) is 6.75. The molecule has 1 amide bonds. The van der Waals surface area contributed by atoms with Crippen LogP contribution < -0.4 is 0 Å². The highest BCUT2D eigenvalue weighted by Crippen LogP contribution is 2.21. The number of carbonyl (C=O) groups excluding carboxylic acids is 1. The summed E-state index contributed by atoms with van der Waals surface area (Å²) >= 11 is 0. The lowest BCUT2D eigenvalue weighted by molar-refractivity contribution is 0.0247. The number of hydrogen-bond donors (Lipinski definition) is 0. The highest BCUT2D eigenvalue weighted by molar-refractivity contribution is 5.94. The number of furan rings is 1. The minimum Gasteiger partial charge on any atom is -0.467 e. The standard InChI is InChI=1S/C17H18FNO3/c18-16-6-2-1-5-15(16)17(20)19(12-14-4-3-9-22-14)13-7-10-21-11-8-13/h1-6,9,13H,7-8,10-12H2. The number of ether oxygens (including phenoxy) is 1. The molecule has 0 unspecified atom stereocenters. The molecule has 5 heteroatoms. The van der Waals surface area contributed by atoms with E-state index < -0.39 is 5.82 Å². The van der Waals surface area contributed by atoms with Crippen LogP contribution in [0.25, 0.3) is 0 Å². The van der Waals surface area contributed by atoms with Crippen LogP contribution in [-0.2, 0) is 11.3 Å². The molecule has 116 valence electrons. The van der Waals surface area contributed by atoms with Crippen LogP contribution >= 0.6 is 0 Å². The zero-order chi connectivity index (χ0) is 15.4. The number of benzene rings is 1. The van der Waals surface area contributed by atoms with Gasteiger partial charge in [0.2, 0.25) is 0 Å². The van der Waals surface area contributed by atoms with E-state index in [-0.39, 0.29) is 17.5 Å². The first-order chi connectivity index (χ1) is 10.8. The van der Waals surface area contributed by atoms with E-state index in [0.29, 0.717) is 25.5 Å². The van der Waals surface area contributed by atoms with E-state index in [2.05, 4.69) is 0 Å². The van der Waals surface area contributed by atoms with Crippen LogP contribution in [0.15, 0.2) is 47.1 Å². The summed E-state index contributed by atoms with van der Waals surface area (Å²) in [6.07, 6.45) is 3.08. The minimum absolute atomic E-state index is 0.0333. The molecule has 0 atom stereocenters. The van der Waals surface area contributed by atoms with E-state index in [1.54, 1.807) is 29.4 Å². The molecule has 1 saturated heterocycles. The average molecular weight is 303 g/mol. The molecular formula is C17H18FNO3. The molecule has 1 aromatic carbocycles. The first-order valence-corrected chi connectivity index (χ1v) is 7.41. The van der Waals surface area contributed by atoms with Crippen LogP contribution in [0.3, 0.4) is 0 Å². The van der Waals surface area contributed by atoms with Gasteiger partial charge < -0.3 is 14.1 Å². The Hall–Kier alpha value is -2.14. The van der Waals surface area contributed by atoms with Gasteiger partial charge in [0.15, 0.2) is 0 Å². The van der Waals surface area contributed by atoms with Crippen molar-refractivity contribution >= 4 is 5.91 Å². The Morgan fingerprint density at radius 2 is 1.95 bits per heavy atom. The fraction of sp³-hybridized carbons (Fsp3) is 0.353. The Kier molecular flexibility index (Phi) is 4.53. The van der Waals surface area contributed by atoms with E-state index in [1.165, 1.54) is 12.1 Å². The second-order valence-electron chi connectivity index (χ2n) is 5.34. The first kappa shape index (κ1) is 14.8. The maximum atomic E-state index is 14.0. The molecule has 0 saturated carbocycles. The van der Waals surface area contributed by atoms with Crippen molar-refractivity contribution in [1.82, 2.24) is 4.90 Å².